The fourth-order valence-corrected chi connectivity index (χ4v) is 2.55. The zero-order valence-electron chi connectivity index (χ0n) is 11.0. The van der Waals surface area contributed by atoms with Crippen molar-refractivity contribution in [2.24, 2.45) is 0 Å². The molecule has 0 spiro atoms. The number of hydrogen-bond donors (Lipinski definition) is 1. The molecule has 1 N–H and O–H groups in total. The normalized spacial score (nSPS) is 19.1. The molecule has 2 aromatic heterocycles. The van der Waals surface area contributed by atoms with Crippen LogP contribution in [-0.4, -0.2) is 57.4 Å². The van der Waals surface area contributed by atoms with Gasteiger partial charge in [-0.05, 0) is 12.8 Å². The van der Waals surface area contributed by atoms with Gasteiger partial charge in [0.15, 0.2) is 11.5 Å². The average Bonchev–Trinajstić information content (AvgIpc) is 3.05. The number of nitrogens with one attached hydrogen (secondary N) is 1. The van der Waals surface area contributed by atoms with E-state index in [9.17, 15) is 4.79 Å². The van der Waals surface area contributed by atoms with Gasteiger partial charge in [-0.15, -0.1) is 0 Å². The summed E-state index contributed by atoms with van der Waals surface area (Å²) in [5.41, 5.74) is 1.42. The van der Waals surface area contributed by atoms with Gasteiger partial charge in [0.1, 0.15) is 17.9 Å². The van der Waals surface area contributed by atoms with Crippen molar-refractivity contribution in [3.8, 4) is 0 Å². The zero-order chi connectivity index (χ0) is 13.4. The van der Waals surface area contributed by atoms with Crippen LogP contribution in [0.3, 0.4) is 0 Å². The van der Waals surface area contributed by atoms with Gasteiger partial charge in [0.25, 0.3) is 0 Å². The molecule has 0 bridgehead atoms. The Balaban J connectivity index is 2.01. The second-order valence-electron chi connectivity index (χ2n) is 4.88. The lowest BCUT2D eigenvalue weighted by Crippen LogP contribution is -2.43. The van der Waals surface area contributed by atoms with E-state index in [4.69, 9.17) is 0 Å². The maximum absolute atomic E-state index is 12.2. The second kappa shape index (κ2) is 4.49. The van der Waals surface area contributed by atoms with E-state index in [2.05, 4.69) is 19.9 Å². The standard InChI is InChI=1S/C12H16N6O/c1-17(2)12(19)8-4-3-5-18(8)11-9-10(14-6-13-9)15-7-16-11/h6-8H,3-5H2,1-2H3,(H,13,14,15,16). The summed E-state index contributed by atoms with van der Waals surface area (Å²) in [5.74, 6) is 0.879. The third-order valence-corrected chi connectivity index (χ3v) is 3.45. The third kappa shape index (κ3) is 1.91. The first-order valence-corrected chi connectivity index (χ1v) is 6.30. The van der Waals surface area contributed by atoms with E-state index in [1.807, 2.05) is 4.90 Å². The van der Waals surface area contributed by atoms with Gasteiger partial charge in [-0.1, -0.05) is 0 Å². The highest BCUT2D eigenvalue weighted by Crippen LogP contribution is 2.28. The number of aromatic amines is 1. The molecule has 0 aromatic carbocycles. The van der Waals surface area contributed by atoms with Crippen LogP contribution in [0.25, 0.3) is 11.2 Å². The number of carbonyl (C=O) groups is 1. The largest absolute Gasteiger partial charge is 0.347 e. The first kappa shape index (κ1) is 11.9. The van der Waals surface area contributed by atoms with Crippen LogP contribution < -0.4 is 4.90 Å². The molecule has 1 fully saturated rings. The zero-order valence-corrected chi connectivity index (χ0v) is 11.0. The van der Waals surface area contributed by atoms with Crippen molar-refractivity contribution in [3.63, 3.8) is 0 Å². The van der Waals surface area contributed by atoms with E-state index in [1.54, 1.807) is 25.3 Å². The number of fused-ring (bicyclic) bond motifs is 1. The summed E-state index contributed by atoms with van der Waals surface area (Å²) < 4.78 is 0. The minimum atomic E-state index is -0.142. The predicted octanol–water partition coefficient (Wildman–Crippen LogP) is 0.410. The maximum Gasteiger partial charge on any atom is 0.244 e. The van der Waals surface area contributed by atoms with Gasteiger partial charge in [-0.2, -0.15) is 0 Å². The highest BCUT2D eigenvalue weighted by molar-refractivity contribution is 5.89. The molecule has 19 heavy (non-hydrogen) atoms. The molecule has 100 valence electrons. The minimum Gasteiger partial charge on any atom is -0.347 e. The van der Waals surface area contributed by atoms with Crippen LogP contribution in [0.5, 0.6) is 0 Å². The first-order valence-electron chi connectivity index (χ1n) is 6.30. The number of carbonyl (C=O) groups excluding carboxylic acids is 1. The van der Waals surface area contributed by atoms with Crippen molar-refractivity contribution in [1.82, 2.24) is 24.8 Å². The van der Waals surface area contributed by atoms with Crippen LogP contribution >= 0.6 is 0 Å². The van der Waals surface area contributed by atoms with Gasteiger partial charge in [0, 0.05) is 20.6 Å². The van der Waals surface area contributed by atoms with Crippen LogP contribution in [-0.2, 0) is 4.79 Å². The predicted molar refractivity (Wildman–Crippen MR) is 70.7 cm³/mol. The lowest BCUT2D eigenvalue weighted by molar-refractivity contribution is -0.129. The van der Waals surface area contributed by atoms with E-state index in [0.29, 0.717) is 5.65 Å². The molecule has 1 saturated heterocycles. The van der Waals surface area contributed by atoms with E-state index < -0.39 is 0 Å². The van der Waals surface area contributed by atoms with Crippen molar-refractivity contribution in [2.45, 2.75) is 18.9 Å². The number of nitrogens with zero attached hydrogens (tertiary/aromatic N) is 5. The Labute approximate surface area is 110 Å². The Bertz CT molecular complexity index is 607. The van der Waals surface area contributed by atoms with E-state index in [0.717, 1.165) is 30.7 Å². The van der Waals surface area contributed by atoms with Gasteiger partial charge in [-0.3, -0.25) is 4.79 Å². The van der Waals surface area contributed by atoms with Crippen LogP contribution in [0.2, 0.25) is 0 Å². The first-order chi connectivity index (χ1) is 9.18. The van der Waals surface area contributed by atoms with Crippen LogP contribution in [0.1, 0.15) is 12.8 Å². The smallest absolute Gasteiger partial charge is 0.244 e. The molecule has 2 aromatic rings. The molecule has 3 rings (SSSR count). The van der Waals surface area contributed by atoms with Gasteiger partial charge < -0.3 is 14.8 Å². The number of anilines is 1. The van der Waals surface area contributed by atoms with Crippen LogP contribution in [0, 0.1) is 0 Å². The van der Waals surface area contributed by atoms with E-state index in [1.165, 1.54) is 6.33 Å². The molecule has 1 amide bonds. The third-order valence-electron chi connectivity index (χ3n) is 3.45. The molecule has 0 radical (unpaired) electrons. The molecule has 7 nitrogen and oxygen atoms in total. The second-order valence-corrected chi connectivity index (χ2v) is 4.88. The van der Waals surface area contributed by atoms with Crippen molar-refractivity contribution >= 4 is 22.9 Å². The average molecular weight is 260 g/mol. The van der Waals surface area contributed by atoms with E-state index >= 15 is 0 Å². The Kier molecular flexibility index (Phi) is 2.81. The van der Waals surface area contributed by atoms with Crippen molar-refractivity contribution < 1.29 is 4.79 Å². The van der Waals surface area contributed by atoms with Gasteiger partial charge in [-0.25, -0.2) is 15.0 Å². The van der Waals surface area contributed by atoms with Crippen molar-refractivity contribution in [2.75, 3.05) is 25.5 Å². The molecule has 1 atom stereocenters. The van der Waals surface area contributed by atoms with Crippen LogP contribution in [0.15, 0.2) is 12.7 Å². The molecule has 0 aliphatic carbocycles. The number of imidazole rings is 1. The van der Waals surface area contributed by atoms with Crippen LogP contribution in [0.4, 0.5) is 5.82 Å². The van der Waals surface area contributed by atoms with E-state index in [-0.39, 0.29) is 11.9 Å². The monoisotopic (exact) mass is 260 g/mol. The van der Waals surface area contributed by atoms with Gasteiger partial charge >= 0.3 is 0 Å². The molecule has 0 saturated carbocycles. The quantitative estimate of drug-likeness (QED) is 0.846. The Hall–Kier alpha value is -2.18. The molecular weight excluding hydrogens is 244 g/mol. The number of aromatic nitrogens is 4. The topological polar surface area (TPSA) is 78.0 Å². The maximum atomic E-state index is 12.2. The highest BCUT2D eigenvalue weighted by Gasteiger charge is 2.33. The lowest BCUT2D eigenvalue weighted by Gasteiger charge is -2.27. The summed E-state index contributed by atoms with van der Waals surface area (Å²) in [6.45, 7) is 0.829. The fraction of sp³-hybridized carbons (Fsp3) is 0.500. The number of H-pyrrole nitrogens is 1. The summed E-state index contributed by atoms with van der Waals surface area (Å²) in [4.78, 5) is 31.5. The molecule has 1 aliphatic heterocycles. The molecule has 7 heteroatoms. The number of amides is 1. The SMILES string of the molecule is CN(C)C(=O)C1CCCN1c1ncnc2nc[nH]c12. The lowest BCUT2D eigenvalue weighted by atomic mass is 10.2. The Morgan fingerprint density at radius 2 is 2.26 bits per heavy atom. The summed E-state index contributed by atoms with van der Waals surface area (Å²) in [6.07, 6.45) is 4.94. The Morgan fingerprint density at radius 1 is 1.42 bits per heavy atom. The van der Waals surface area contributed by atoms with Gasteiger partial charge in [0.05, 0.1) is 6.33 Å². The summed E-state index contributed by atoms with van der Waals surface area (Å²) in [6, 6.07) is -0.142. The fourth-order valence-electron chi connectivity index (χ4n) is 2.55. The molecular formula is C12H16N6O. The highest BCUT2D eigenvalue weighted by atomic mass is 16.2. The number of hydrogen-bond acceptors (Lipinski definition) is 5. The van der Waals surface area contributed by atoms with Crippen molar-refractivity contribution in [3.05, 3.63) is 12.7 Å². The minimum absolute atomic E-state index is 0.115. The molecule has 3 heterocycles. The molecule has 1 unspecified atom stereocenters. The van der Waals surface area contributed by atoms with Crippen molar-refractivity contribution in [1.29, 1.82) is 0 Å². The number of likely N-dealkylation sites (N-methyl/N-ethyl adjacent to an activating group) is 1. The molecule has 1 aliphatic rings. The van der Waals surface area contributed by atoms with Gasteiger partial charge in [0.2, 0.25) is 5.91 Å². The summed E-state index contributed by atoms with van der Waals surface area (Å²) in [5, 5.41) is 0. The number of rotatable bonds is 2. The summed E-state index contributed by atoms with van der Waals surface area (Å²) >= 11 is 0. The summed E-state index contributed by atoms with van der Waals surface area (Å²) in [7, 11) is 3.56. The Morgan fingerprint density at radius 3 is 3.05 bits per heavy atom.